The first-order valence-corrected chi connectivity index (χ1v) is 27.5. The topological polar surface area (TPSA) is 48.5 Å². The number of aryl methyl sites for hydroxylation is 4. The van der Waals surface area contributed by atoms with Crippen molar-refractivity contribution in [1.82, 2.24) is 24.1 Å². The van der Waals surface area contributed by atoms with Gasteiger partial charge in [0.25, 0.3) is 0 Å². The molecule has 0 amide bonds. The van der Waals surface area contributed by atoms with Crippen molar-refractivity contribution in [3.63, 3.8) is 0 Å². The lowest BCUT2D eigenvalue weighted by Gasteiger charge is -2.23. The maximum Gasteiger partial charge on any atom is 0.420 e. The molecule has 0 saturated heterocycles. The van der Waals surface area contributed by atoms with Gasteiger partial charge in [0.05, 0.1) is 33.4 Å². The highest BCUT2D eigenvalue weighted by Gasteiger charge is 2.40. The number of rotatable bonds is 9. The Balaban J connectivity index is 1.12. The fourth-order valence-electron chi connectivity index (χ4n) is 11.6. The normalized spacial score (nSPS) is 11.8. The molecular formula is C74H52F3N5. The highest BCUT2D eigenvalue weighted by atomic mass is 19.4. The average molecular weight is 1070 g/mol. The summed E-state index contributed by atoms with van der Waals surface area (Å²) in [6.07, 6.45) is -4.91. The van der Waals surface area contributed by atoms with Crippen LogP contribution in [0.1, 0.15) is 27.8 Å². The van der Waals surface area contributed by atoms with E-state index in [1.54, 1.807) is 21.3 Å². The Labute approximate surface area is 472 Å². The molecule has 0 spiro atoms. The van der Waals surface area contributed by atoms with Gasteiger partial charge < -0.3 is 9.13 Å². The predicted octanol–water partition coefficient (Wildman–Crippen LogP) is 20.0. The Morgan fingerprint density at radius 1 is 0.268 bits per heavy atom. The molecule has 0 aliphatic heterocycles. The van der Waals surface area contributed by atoms with Crippen LogP contribution in [0.25, 0.3) is 134 Å². The van der Waals surface area contributed by atoms with Crippen LogP contribution in [0.15, 0.2) is 243 Å². The van der Waals surface area contributed by atoms with E-state index >= 15 is 13.2 Å². The molecule has 0 unspecified atom stereocenters. The maximum atomic E-state index is 17.4. The lowest BCUT2D eigenvalue weighted by molar-refractivity contribution is -0.137. The number of alkyl halides is 3. The van der Waals surface area contributed by atoms with Crippen LogP contribution in [0.3, 0.4) is 0 Å². The molecule has 0 saturated carbocycles. The number of nitrogens with zero attached hydrogens (tertiary/aromatic N) is 5. The number of aromatic nitrogens is 5. The first kappa shape index (κ1) is 50.1. The quantitative estimate of drug-likeness (QED) is 0.145. The van der Waals surface area contributed by atoms with Crippen LogP contribution in [-0.4, -0.2) is 24.1 Å². The van der Waals surface area contributed by atoms with E-state index in [0.717, 1.165) is 99.4 Å². The van der Waals surface area contributed by atoms with Crippen molar-refractivity contribution in [3.05, 3.63) is 270 Å². The third kappa shape index (κ3) is 8.99. The van der Waals surface area contributed by atoms with E-state index in [-0.39, 0.29) is 17.2 Å². The third-order valence-electron chi connectivity index (χ3n) is 15.9. The number of benzene rings is 11. The van der Waals surface area contributed by atoms with Gasteiger partial charge in [-0.15, -0.1) is 0 Å². The smallest absolute Gasteiger partial charge is 0.309 e. The average Bonchev–Trinajstić information content (AvgIpc) is 2.00. The zero-order chi connectivity index (χ0) is 55.8. The van der Waals surface area contributed by atoms with Crippen LogP contribution in [-0.2, 0) is 6.18 Å². The Kier molecular flexibility index (Phi) is 12.1. The zero-order valence-electron chi connectivity index (χ0n) is 45.5. The highest BCUT2D eigenvalue weighted by molar-refractivity contribution is 6.14. The molecule has 82 heavy (non-hydrogen) atoms. The molecule has 11 aromatic carbocycles. The molecule has 5 nitrogen and oxygen atoms in total. The van der Waals surface area contributed by atoms with Crippen molar-refractivity contribution >= 4 is 43.6 Å². The second-order valence-corrected chi connectivity index (χ2v) is 21.5. The van der Waals surface area contributed by atoms with E-state index in [9.17, 15) is 0 Å². The summed E-state index contributed by atoms with van der Waals surface area (Å²) in [4.78, 5) is 15.3. The van der Waals surface area contributed by atoms with Gasteiger partial charge in [-0.2, -0.15) is 13.2 Å². The Hall–Kier alpha value is -10.2. The lowest BCUT2D eigenvalue weighted by atomic mass is 9.99. The molecule has 8 heteroatoms. The van der Waals surface area contributed by atoms with Gasteiger partial charge in [-0.25, -0.2) is 15.0 Å². The van der Waals surface area contributed by atoms with E-state index in [1.165, 1.54) is 0 Å². The van der Waals surface area contributed by atoms with Gasteiger partial charge in [0.15, 0.2) is 17.5 Å². The van der Waals surface area contributed by atoms with Crippen molar-refractivity contribution in [3.8, 4) is 90.0 Å². The molecule has 0 N–H and O–H groups in total. The number of halogens is 3. The largest absolute Gasteiger partial charge is 0.420 e. The van der Waals surface area contributed by atoms with Crippen molar-refractivity contribution in [2.24, 2.45) is 0 Å². The van der Waals surface area contributed by atoms with Crippen molar-refractivity contribution in [2.45, 2.75) is 33.9 Å². The van der Waals surface area contributed by atoms with E-state index in [2.05, 4.69) is 149 Å². The van der Waals surface area contributed by atoms with Gasteiger partial charge in [0.1, 0.15) is 5.56 Å². The first-order chi connectivity index (χ1) is 39.9. The molecule has 14 aromatic rings. The summed E-state index contributed by atoms with van der Waals surface area (Å²) < 4.78 is 55.8. The Bertz CT molecular complexity index is 4270. The van der Waals surface area contributed by atoms with Crippen molar-refractivity contribution < 1.29 is 13.2 Å². The second-order valence-electron chi connectivity index (χ2n) is 21.5. The number of fused-ring (bicyclic) bond motifs is 6. The molecule has 394 valence electrons. The Morgan fingerprint density at radius 3 is 0.793 bits per heavy atom. The van der Waals surface area contributed by atoms with E-state index in [1.807, 2.05) is 109 Å². The van der Waals surface area contributed by atoms with Gasteiger partial charge in [-0.1, -0.05) is 204 Å². The third-order valence-corrected chi connectivity index (χ3v) is 15.9. The molecule has 14 rings (SSSR count). The van der Waals surface area contributed by atoms with E-state index in [4.69, 9.17) is 15.0 Å². The summed E-state index contributed by atoms with van der Waals surface area (Å²) in [5.74, 6) is 0.999. The van der Waals surface area contributed by atoms with Gasteiger partial charge in [-0.3, -0.25) is 0 Å². The summed E-state index contributed by atoms with van der Waals surface area (Å²) in [6.45, 7) is 8.22. The molecule has 0 aliphatic carbocycles. The fourth-order valence-corrected chi connectivity index (χ4v) is 11.6. The van der Waals surface area contributed by atoms with Crippen molar-refractivity contribution in [2.75, 3.05) is 0 Å². The summed E-state index contributed by atoms with van der Waals surface area (Å²) >= 11 is 0. The minimum Gasteiger partial charge on any atom is -0.309 e. The number of hydrogen-bond acceptors (Lipinski definition) is 3. The van der Waals surface area contributed by atoms with Gasteiger partial charge in [0, 0.05) is 38.2 Å². The van der Waals surface area contributed by atoms with E-state index in [0.29, 0.717) is 39.3 Å². The summed E-state index contributed by atoms with van der Waals surface area (Å²) in [7, 11) is 0. The fraction of sp³-hybridized carbons (Fsp3) is 0.0676. The minimum absolute atomic E-state index is 0.0725. The van der Waals surface area contributed by atoms with Crippen molar-refractivity contribution in [1.29, 1.82) is 0 Å². The second kappa shape index (κ2) is 19.9. The summed E-state index contributed by atoms with van der Waals surface area (Å²) in [5, 5.41) is 3.24. The molecular weight excluding hydrogens is 1020 g/mol. The molecule has 3 heterocycles. The van der Waals surface area contributed by atoms with Gasteiger partial charge in [0.2, 0.25) is 0 Å². The first-order valence-electron chi connectivity index (χ1n) is 27.5. The molecule has 0 fully saturated rings. The maximum absolute atomic E-state index is 17.4. The molecule has 3 aromatic heterocycles. The molecule has 0 atom stereocenters. The molecule has 0 bridgehead atoms. The summed E-state index contributed by atoms with van der Waals surface area (Å²) in [6, 6.07) is 80.2. The summed E-state index contributed by atoms with van der Waals surface area (Å²) in [5.41, 5.74) is 15.7. The predicted molar refractivity (Wildman–Crippen MR) is 331 cm³/mol. The molecule has 0 aliphatic rings. The van der Waals surface area contributed by atoms with Crippen LogP contribution in [0.4, 0.5) is 13.2 Å². The highest BCUT2D eigenvalue weighted by Crippen LogP contribution is 2.48. The van der Waals surface area contributed by atoms with Crippen LogP contribution in [0, 0.1) is 27.7 Å². The van der Waals surface area contributed by atoms with Gasteiger partial charge >= 0.3 is 6.18 Å². The zero-order valence-corrected chi connectivity index (χ0v) is 45.5. The van der Waals surface area contributed by atoms with Crippen LogP contribution >= 0.6 is 0 Å². The minimum atomic E-state index is -4.91. The van der Waals surface area contributed by atoms with E-state index < -0.39 is 11.7 Å². The number of hydrogen-bond donors (Lipinski definition) is 0. The lowest BCUT2D eigenvalue weighted by Crippen LogP contribution is -2.16. The monoisotopic (exact) mass is 1070 g/mol. The SMILES string of the molecule is Cc1ccc(-c2ccc3c(c2)c2cc(-c4ccc(C)cc4)ccc2n3-c2cc(-c3nc(-c4ccccc4)nc(-c4ccccc4)n3)cc(-n3c4ccc(-c5ccc(C)cc5)cc4c4cc(-c5ccc(C)cc5)ccc43)c2C(F)(F)F)cc1. The van der Waals surface area contributed by atoms with Gasteiger partial charge in [-0.05, 0) is 133 Å². The van der Waals surface area contributed by atoms with Crippen LogP contribution < -0.4 is 0 Å². The van der Waals surface area contributed by atoms with Crippen LogP contribution in [0.2, 0.25) is 0 Å². The molecule has 0 radical (unpaired) electrons. The Morgan fingerprint density at radius 2 is 0.524 bits per heavy atom. The standard InChI is InChI=1S/C74H52F3N5/c1-45-15-23-49(24-16-45)55-31-35-64-60(39-55)61-40-56(50-25-17-46(2)18-26-50)32-36-65(61)81(64)68-43-59(73-79-71(53-11-7-5-8-12-53)78-72(80-73)54-13-9-6-10-14-54)44-69(70(68)74(75,76)77)82-66-37-33-57(51-27-19-47(3)20-28-51)41-62(66)63-42-58(34-38-67(63)82)52-29-21-48(4)22-30-52/h5-44H,1-4H3. The van der Waals surface area contributed by atoms with Crippen LogP contribution in [0.5, 0.6) is 0 Å².